The first-order chi connectivity index (χ1) is 9.86. The Hall–Kier alpha value is -2.02. The van der Waals surface area contributed by atoms with Crippen LogP contribution in [-0.4, -0.2) is 35.0 Å². The molecule has 0 amide bonds. The fourth-order valence-corrected chi connectivity index (χ4v) is 1.84. The van der Waals surface area contributed by atoms with Crippen molar-refractivity contribution >= 4 is 11.7 Å². The molecule has 0 aliphatic rings. The van der Waals surface area contributed by atoms with Crippen LogP contribution in [0, 0.1) is 15.9 Å². The van der Waals surface area contributed by atoms with E-state index in [1.165, 1.54) is 12.1 Å². The van der Waals surface area contributed by atoms with Gasteiger partial charge in [0.15, 0.2) is 0 Å². The first kappa shape index (κ1) is 17.0. The Morgan fingerprint density at radius 3 is 2.67 bits per heavy atom. The van der Waals surface area contributed by atoms with Crippen LogP contribution in [0.1, 0.15) is 26.3 Å². The topological polar surface area (TPSA) is 72.7 Å². The van der Waals surface area contributed by atoms with Crippen LogP contribution in [0.15, 0.2) is 18.2 Å². The number of nitro benzene ring substituents is 1. The maximum absolute atomic E-state index is 14.0. The van der Waals surface area contributed by atoms with Gasteiger partial charge < -0.3 is 4.74 Å². The lowest BCUT2D eigenvalue weighted by molar-refractivity contribution is -0.387. The predicted molar refractivity (Wildman–Crippen MR) is 75.2 cm³/mol. The van der Waals surface area contributed by atoms with Crippen LogP contribution in [-0.2, 0) is 16.1 Å². The van der Waals surface area contributed by atoms with Crippen molar-refractivity contribution in [2.75, 3.05) is 13.2 Å². The summed E-state index contributed by atoms with van der Waals surface area (Å²) in [6.07, 6.45) is 0. The second-order valence-corrected chi connectivity index (χ2v) is 4.81. The van der Waals surface area contributed by atoms with E-state index in [1.807, 2.05) is 13.8 Å². The predicted octanol–water partition coefficient (Wildman–Crippen LogP) is 2.51. The third-order valence-corrected chi connectivity index (χ3v) is 3.00. The molecular formula is C14H19FN2O4. The molecule has 116 valence electrons. The molecule has 0 radical (unpaired) electrons. The van der Waals surface area contributed by atoms with Crippen LogP contribution in [0.4, 0.5) is 10.1 Å². The highest BCUT2D eigenvalue weighted by Crippen LogP contribution is 2.22. The molecule has 0 atom stereocenters. The fraction of sp³-hybridized carbons (Fsp3) is 0.500. The molecule has 1 rings (SSSR count). The molecule has 0 saturated carbocycles. The lowest BCUT2D eigenvalue weighted by Crippen LogP contribution is -2.36. The second-order valence-electron chi connectivity index (χ2n) is 4.81. The van der Waals surface area contributed by atoms with E-state index < -0.39 is 22.4 Å². The van der Waals surface area contributed by atoms with Crippen molar-refractivity contribution in [3.8, 4) is 0 Å². The summed E-state index contributed by atoms with van der Waals surface area (Å²) < 4.78 is 18.9. The molecule has 0 bridgehead atoms. The minimum Gasteiger partial charge on any atom is -0.465 e. The van der Waals surface area contributed by atoms with Crippen LogP contribution >= 0.6 is 0 Å². The van der Waals surface area contributed by atoms with Crippen molar-refractivity contribution in [3.63, 3.8) is 0 Å². The van der Waals surface area contributed by atoms with Crippen LogP contribution in [0.2, 0.25) is 0 Å². The lowest BCUT2D eigenvalue weighted by Gasteiger charge is -2.25. The van der Waals surface area contributed by atoms with Crippen LogP contribution in [0.25, 0.3) is 0 Å². The van der Waals surface area contributed by atoms with E-state index >= 15 is 0 Å². The van der Waals surface area contributed by atoms with Crippen molar-refractivity contribution in [1.29, 1.82) is 0 Å². The van der Waals surface area contributed by atoms with Gasteiger partial charge in [0.1, 0.15) is 0 Å². The molecule has 21 heavy (non-hydrogen) atoms. The number of hydrogen-bond acceptors (Lipinski definition) is 5. The van der Waals surface area contributed by atoms with E-state index in [1.54, 1.807) is 11.8 Å². The highest BCUT2D eigenvalue weighted by molar-refractivity contribution is 5.71. The molecule has 0 fully saturated rings. The zero-order chi connectivity index (χ0) is 16.0. The first-order valence-corrected chi connectivity index (χ1v) is 6.68. The van der Waals surface area contributed by atoms with E-state index in [-0.39, 0.29) is 31.3 Å². The summed E-state index contributed by atoms with van der Waals surface area (Å²) in [6, 6.07) is 3.99. The zero-order valence-corrected chi connectivity index (χ0v) is 12.3. The molecule has 0 spiro atoms. The highest BCUT2D eigenvalue weighted by atomic mass is 19.1. The van der Waals surface area contributed by atoms with Gasteiger partial charge in [-0.2, -0.15) is 4.39 Å². The lowest BCUT2D eigenvalue weighted by atomic mass is 10.1. The molecule has 0 unspecified atom stereocenters. The van der Waals surface area contributed by atoms with Crippen LogP contribution in [0.5, 0.6) is 0 Å². The fourth-order valence-electron chi connectivity index (χ4n) is 1.84. The Bertz CT molecular complexity index is 520. The Morgan fingerprint density at radius 2 is 2.14 bits per heavy atom. The summed E-state index contributed by atoms with van der Waals surface area (Å²) in [5.74, 6) is -1.27. The summed E-state index contributed by atoms with van der Waals surface area (Å²) in [6.45, 7) is 5.80. The van der Waals surface area contributed by atoms with E-state index in [2.05, 4.69) is 0 Å². The number of hydrogen-bond donors (Lipinski definition) is 0. The van der Waals surface area contributed by atoms with Gasteiger partial charge in [0.2, 0.25) is 5.82 Å². The number of benzene rings is 1. The summed E-state index contributed by atoms with van der Waals surface area (Å²) in [5, 5.41) is 10.7. The first-order valence-electron chi connectivity index (χ1n) is 6.68. The Balaban J connectivity index is 2.92. The normalized spacial score (nSPS) is 11.0. The van der Waals surface area contributed by atoms with Gasteiger partial charge in [0.25, 0.3) is 0 Å². The number of carbonyl (C=O) groups excluding carboxylic acids is 1. The number of nitrogens with zero attached hydrogens (tertiary/aromatic N) is 2. The van der Waals surface area contributed by atoms with Crippen LogP contribution in [0.3, 0.4) is 0 Å². The van der Waals surface area contributed by atoms with Gasteiger partial charge in [-0.05, 0) is 20.8 Å². The van der Waals surface area contributed by atoms with Gasteiger partial charge in [-0.1, -0.05) is 12.1 Å². The number of carbonyl (C=O) groups is 1. The Labute approximate surface area is 122 Å². The number of ether oxygens (including phenoxy) is 1. The average Bonchev–Trinajstić information content (AvgIpc) is 2.39. The number of nitro groups is 1. The number of halogens is 1. The molecule has 0 heterocycles. The Kier molecular flexibility index (Phi) is 6.23. The zero-order valence-electron chi connectivity index (χ0n) is 12.3. The van der Waals surface area contributed by atoms with Crippen LogP contribution < -0.4 is 0 Å². The third kappa shape index (κ3) is 4.78. The van der Waals surface area contributed by atoms with Gasteiger partial charge in [-0.3, -0.25) is 19.8 Å². The average molecular weight is 298 g/mol. The van der Waals surface area contributed by atoms with Gasteiger partial charge in [0, 0.05) is 24.2 Å². The third-order valence-electron chi connectivity index (χ3n) is 3.00. The molecule has 0 aromatic heterocycles. The van der Waals surface area contributed by atoms with E-state index in [0.717, 1.165) is 6.07 Å². The molecule has 7 heteroatoms. The van der Waals surface area contributed by atoms with Gasteiger partial charge in [-0.15, -0.1) is 0 Å². The van der Waals surface area contributed by atoms with Gasteiger partial charge in [0.05, 0.1) is 18.1 Å². The number of rotatable bonds is 7. The minimum atomic E-state index is -0.864. The van der Waals surface area contributed by atoms with Gasteiger partial charge in [-0.25, -0.2) is 0 Å². The van der Waals surface area contributed by atoms with Crippen molar-refractivity contribution in [3.05, 3.63) is 39.7 Å². The quantitative estimate of drug-likeness (QED) is 0.439. The second kappa shape index (κ2) is 7.68. The van der Waals surface area contributed by atoms with Crippen molar-refractivity contribution in [2.45, 2.75) is 33.4 Å². The van der Waals surface area contributed by atoms with Gasteiger partial charge >= 0.3 is 11.7 Å². The highest BCUT2D eigenvalue weighted by Gasteiger charge is 2.21. The summed E-state index contributed by atoms with van der Waals surface area (Å²) in [5.41, 5.74) is -0.380. The van der Waals surface area contributed by atoms with Crippen molar-refractivity contribution in [2.24, 2.45) is 0 Å². The SMILES string of the molecule is CCOC(=O)CN(Cc1cccc([N+](=O)[O-])c1F)C(C)C. The monoisotopic (exact) mass is 298 g/mol. The molecule has 0 aliphatic heterocycles. The molecule has 0 saturated heterocycles. The summed E-state index contributed by atoms with van der Waals surface area (Å²) in [7, 11) is 0. The van der Waals surface area contributed by atoms with E-state index in [0.29, 0.717) is 0 Å². The maximum atomic E-state index is 14.0. The van der Waals surface area contributed by atoms with E-state index in [4.69, 9.17) is 4.74 Å². The molecule has 0 aliphatic carbocycles. The standard InChI is InChI=1S/C14H19FN2O4/c1-4-21-13(18)9-16(10(2)3)8-11-6-5-7-12(14(11)15)17(19)20/h5-7,10H,4,8-9H2,1-3H3. The van der Waals surface area contributed by atoms with Crippen molar-refractivity contribution < 1.29 is 18.8 Å². The van der Waals surface area contributed by atoms with Crippen molar-refractivity contribution in [1.82, 2.24) is 4.90 Å². The number of esters is 1. The summed E-state index contributed by atoms with van der Waals surface area (Å²) >= 11 is 0. The smallest absolute Gasteiger partial charge is 0.320 e. The molecule has 0 N–H and O–H groups in total. The molecule has 1 aromatic carbocycles. The molecular weight excluding hydrogens is 279 g/mol. The largest absolute Gasteiger partial charge is 0.465 e. The minimum absolute atomic E-state index is 0.00758. The molecule has 1 aromatic rings. The summed E-state index contributed by atoms with van der Waals surface area (Å²) in [4.78, 5) is 23.2. The molecule has 6 nitrogen and oxygen atoms in total. The Morgan fingerprint density at radius 1 is 1.48 bits per heavy atom. The maximum Gasteiger partial charge on any atom is 0.320 e. The van der Waals surface area contributed by atoms with E-state index in [9.17, 15) is 19.3 Å².